The number of unbranched alkanes of at least 4 members (excludes halogenated alkanes) is 23. The van der Waals surface area contributed by atoms with Crippen LogP contribution in [0.15, 0.2) is 24.3 Å². The van der Waals surface area contributed by atoms with Crippen LogP contribution in [0.5, 0.6) is 0 Å². The number of esters is 1. The smallest absolute Gasteiger partial charge is 0.306 e. The molecular formula is C39H74O4. The lowest BCUT2D eigenvalue weighted by Crippen LogP contribution is -2.27. The third-order valence-electron chi connectivity index (χ3n) is 8.25. The van der Waals surface area contributed by atoms with Crippen molar-refractivity contribution in [2.45, 2.75) is 200 Å². The molecule has 4 nitrogen and oxygen atoms in total. The lowest BCUT2D eigenvalue weighted by Gasteiger charge is -2.15. The highest BCUT2D eigenvalue weighted by atomic mass is 16.6. The number of carbonyl (C=O) groups excluding carboxylic acids is 1. The second-order valence-electron chi connectivity index (χ2n) is 12.6. The average molecular weight is 607 g/mol. The van der Waals surface area contributed by atoms with E-state index in [4.69, 9.17) is 9.47 Å². The van der Waals surface area contributed by atoms with Gasteiger partial charge in [-0.25, -0.2) is 0 Å². The van der Waals surface area contributed by atoms with Gasteiger partial charge in [0, 0.05) is 13.0 Å². The summed E-state index contributed by atoms with van der Waals surface area (Å²) >= 11 is 0. The first-order chi connectivity index (χ1) is 21.2. The number of aliphatic hydroxyl groups is 1. The number of hydrogen-bond acceptors (Lipinski definition) is 4. The normalized spacial score (nSPS) is 12.5. The van der Waals surface area contributed by atoms with Crippen molar-refractivity contribution in [1.29, 1.82) is 0 Å². The van der Waals surface area contributed by atoms with Gasteiger partial charge in [-0.05, 0) is 64.2 Å². The molecule has 43 heavy (non-hydrogen) atoms. The zero-order valence-corrected chi connectivity index (χ0v) is 29.0. The first kappa shape index (κ1) is 41.9. The SMILES string of the molecule is CCCCCC/C=C\CCCCCCCCOCC(CO)OC(=O)CCCCCCCCC/C=C\CCCCCCCC. The van der Waals surface area contributed by atoms with Crippen molar-refractivity contribution in [3.63, 3.8) is 0 Å². The first-order valence-corrected chi connectivity index (χ1v) is 18.9. The monoisotopic (exact) mass is 607 g/mol. The van der Waals surface area contributed by atoms with Crippen LogP contribution in [0.2, 0.25) is 0 Å². The second-order valence-corrected chi connectivity index (χ2v) is 12.6. The summed E-state index contributed by atoms with van der Waals surface area (Å²) in [7, 11) is 0. The van der Waals surface area contributed by atoms with E-state index in [2.05, 4.69) is 38.2 Å². The first-order valence-electron chi connectivity index (χ1n) is 18.9. The third kappa shape index (κ3) is 35.2. The van der Waals surface area contributed by atoms with Crippen molar-refractivity contribution in [2.24, 2.45) is 0 Å². The van der Waals surface area contributed by atoms with E-state index < -0.39 is 6.10 Å². The molecule has 0 spiro atoms. The van der Waals surface area contributed by atoms with E-state index in [0.717, 1.165) is 19.3 Å². The van der Waals surface area contributed by atoms with Crippen molar-refractivity contribution in [3.8, 4) is 0 Å². The summed E-state index contributed by atoms with van der Waals surface area (Å²) in [5.41, 5.74) is 0. The molecule has 0 aliphatic carbocycles. The molecule has 0 heterocycles. The molecule has 0 rings (SSSR count). The molecule has 1 atom stereocenters. The molecule has 4 heteroatoms. The molecule has 0 aromatic rings. The van der Waals surface area contributed by atoms with Gasteiger partial charge in [0.1, 0.15) is 6.10 Å². The highest BCUT2D eigenvalue weighted by molar-refractivity contribution is 5.69. The van der Waals surface area contributed by atoms with E-state index in [-0.39, 0.29) is 12.6 Å². The Morgan fingerprint density at radius 3 is 1.35 bits per heavy atom. The lowest BCUT2D eigenvalue weighted by molar-refractivity contribution is -0.154. The van der Waals surface area contributed by atoms with Crippen LogP contribution in [0.1, 0.15) is 194 Å². The fourth-order valence-corrected chi connectivity index (χ4v) is 5.38. The Hall–Kier alpha value is -1.13. The summed E-state index contributed by atoms with van der Waals surface area (Å²) in [5, 5.41) is 9.55. The Balaban J connectivity index is 3.44. The van der Waals surface area contributed by atoms with Crippen LogP contribution in [-0.4, -0.2) is 37.0 Å². The van der Waals surface area contributed by atoms with E-state index in [1.165, 1.54) is 154 Å². The summed E-state index contributed by atoms with van der Waals surface area (Å²) in [4.78, 5) is 12.1. The summed E-state index contributed by atoms with van der Waals surface area (Å²) in [6.07, 6.45) is 43.6. The maximum absolute atomic E-state index is 12.1. The van der Waals surface area contributed by atoms with Crippen LogP contribution in [0.3, 0.4) is 0 Å². The van der Waals surface area contributed by atoms with Crippen LogP contribution in [0, 0.1) is 0 Å². The third-order valence-corrected chi connectivity index (χ3v) is 8.25. The van der Waals surface area contributed by atoms with Gasteiger partial charge in [0.25, 0.3) is 0 Å². The van der Waals surface area contributed by atoms with Gasteiger partial charge < -0.3 is 14.6 Å². The fourth-order valence-electron chi connectivity index (χ4n) is 5.38. The summed E-state index contributed by atoms with van der Waals surface area (Å²) < 4.78 is 11.1. The quantitative estimate of drug-likeness (QED) is 0.0443. The molecule has 0 aromatic heterocycles. The number of allylic oxidation sites excluding steroid dienone is 4. The Bertz CT molecular complexity index is 600. The van der Waals surface area contributed by atoms with Gasteiger partial charge in [-0.1, -0.05) is 147 Å². The van der Waals surface area contributed by atoms with Crippen molar-refractivity contribution in [1.82, 2.24) is 0 Å². The van der Waals surface area contributed by atoms with Crippen LogP contribution in [0.25, 0.3) is 0 Å². The molecule has 1 unspecified atom stereocenters. The molecule has 1 N–H and O–H groups in total. The van der Waals surface area contributed by atoms with Crippen LogP contribution in [0.4, 0.5) is 0 Å². The van der Waals surface area contributed by atoms with E-state index >= 15 is 0 Å². The van der Waals surface area contributed by atoms with E-state index in [1.807, 2.05) is 0 Å². The predicted octanol–water partition coefficient (Wildman–Crippen LogP) is 12.0. The number of hydrogen-bond donors (Lipinski definition) is 1. The van der Waals surface area contributed by atoms with Crippen molar-refractivity contribution >= 4 is 5.97 Å². The minimum Gasteiger partial charge on any atom is -0.457 e. The van der Waals surface area contributed by atoms with E-state index in [1.54, 1.807) is 0 Å². The topological polar surface area (TPSA) is 55.8 Å². The Kier molecular flexibility index (Phi) is 36.1. The zero-order valence-electron chi connectivity index (χ0n) is 29.0. The molecule has 0 aliphatic heterocycles. The molecule has 0 aliphatic rings. The maximum Gasteiger partial charge on any atom is 0.306 e. The highest BCUT2D eigenvalue weighted by Gasteiger charge is 2.13. The molecule has 0 aromatic carbocycles. The molecule has 0 radical (unpaired) electrons. The van der Waals surface area contributed by atoms with Gasteiger partial charge in [-0.15, -0.1) is 0 Å². The summed E-state index contributed by atoms with van der Waals surface area (Å²) in [6, 6.07) is 0. The van der Waals surface area contributed by atoms with Crippen molar-refractivity contribution < 1.29 is 19.4 Å². The Morgan fingerprint density at radius 1 is 0.535 bits per heavy atom. The Labute approximate surface area is 268 Å². The number of ether oxygens (including phenoxy) is 2. The fraction of sp³-hybridized carbons (Fsp3) is 0.872. The minimum atomic E-state index is -0.535. The number of aliphatic hydroxyl groups excluding tert-OH is 1. The Morgan fingerprint density at radius 2 is 0.907 bits per heavy atom. The van der Waals surface area contributed by atoms with E-state index in [9.17, 15) is 9.90 Å². The highest BCUT2D eigenvalue weighted by Crippen LogP contribution is 2.13. The largest absolute Gasteiger partial charge is 0.457 e. The van der Waals surface area contributed by atoms with Crippen LogP contribution >= 0.6 is 0 Å². The maximum atomic E-state index is 12.1. The van der Waals surface area contributed by atoms with Gasteiger partial charge in [0.15, 0.2) is 0 Å². The minimum absolute atomic E-state index is 0.173. The molecule has 0 amide bonds. The molecule has 0 bridgehead atoms. The molecule has 254 valence electrons. The van der Waals surface area contributed by atoms with Crippen molar-refractivity contribution in [3.05, 3.63) is 24.3 Å². The van der Waals surface area contributed by atoms with Crippen LogP contribution < -0.4 is 0 Å². The molecular weight excluding hydrogens is 532 g/mol. The van der Waals surface area contributed by atoms with Gasteiger partial charge in [-0.2, -0.15) is 0 Å². The van der Waals surface area contributed by atoms with Gasteiger partial charge >= 0.3 is 5.97 Å². The molecule has 0 fully saturated rings. The van der Waals surface area contributed by atoms with Crippen LogP contribution in [-0.2, 0) is 14.3 Å². The number of carbonyl (C=O) groups is 1. The van der Waals surface area contributed by atoms with Crippen molar-refractivity contribution in [2.75, 3.05) is 19.8 Å². The number of rotatable bonds is 35. The van der Waals surface area contributed by atoms with Gasteiger partial charge in [-0.3, -0.25) is 4.79 Å². The summed E-state index contributed by atoms with van der Waals surface area (Å²) in [5.74, 6) is -0.207. The second kappa shape index (κ2) is 37.1. The standard InChI is InChI=1S/C39H74O4/c1-3-5-7-9-11-13-15-17-19-20-21-22-24-26-28-30-32-34-39(41)43-38(36-40)37-42-35-33-31-29-27-25-23-18-16-14-12-10-8-6-4-2/h14,16-17,19,38,40H,3-13,15,18,20-37H2,1-2H3/b16-14-,19-17-. The predicted molar refractivity (Wildman–Crippen MR) is 187 cm³/mol. The lowest BCUT2D eigenvalue weighted by atomic mass is 10.1. The summed E-state index contributed by atoms with van der Waals surface area (Å²) in [6.45, 7) is 5.32. The van der Waals surface area contributed by atoms with Gasteiger partial charge in [0.05, 0.1) is 13.2 Å². The zero-order chi connectivity index (χ0) is 31.3. The van der Waals surface area contributed by atoms with E-state index in [0.29, 0.717) is 19.6 Å². The average Bonchev–Trinajstić information content (AvgIpc) is 3.01. The molecule has 0 saturated carbocycles. The molecule has 0 saturated heterocycles. The van der Waals surface area contributed by atoms with Gasteiger partial charge in [0.2, 0.25) is 0 Å².